The van der Waals surface area contributed by atoms with Crippen molar-refractivity contribution in [3.63, 3.8) is 0 Å². The fourth-order valence-electron chi connectivity index (χ4n) is 2.25. The molecule has 0 aliphatic heterocycles. The Morgan fingerprint density at radius 3 is 2.68 bits per heavy atom. The van der Waals surface area contributed by atoms with Crippen molar-refractivity contribution in [2.24, 2.45) is 0 Å². The number of aromatic nitrogens is 4. The third-order valence-corrected chi connectivity index (χ3v) is 4.04. The Kier molecular flexibility index (Phi) is 5.49. The predicted octanol–water partition coefficient (Wildman–Crippen LogP) is 2.60. The summed E-state index contributed by atoms with van der Waals surface area (Å²) in [5.74, 6) is -0.0726. The quantitative estimate of drug-likeness (QED) is 0.686. The topological polar surface area (TPSA) is 72.7 Å². The second-order valence-corrected chi connectivity index (χ2v) is 6.26. The van der Waals surface area contributed by atoms with Crippen LogP contribution in [-0.2, 0) is 17.8 Å². The molecule has 0 unspecified atom stereocenters. The van der Waals surface area contributed by atoms with Crippen LogP contribution in [0.5, 0.6) is 0 Å². The Morgan fingerprint density at radius 1 is 1.16 bits per heavy atom. The molecule has 0 atom stereocenters. The first kappa shape index (κ1) is 17.2. The van der Waals surface area contributed by atoms with Gasteiger partial charge in [-0.2, -0.15) is 4.80 Å². The van der Waals surface area contributed by atoms with Gasteiger partial charge in [0.05, 0.1) is 0 Å². The number of nitrogens with zero attached hydrogens (tertiary/aromatic N) is 4. The summed E-state index contributed by atoms with van der Waals surface area (Å²) >= 11 is 3.36. The van der Waals surface area contributed by atoms with Crippen LogP contribution in [-0.4, -0.2) is 32.7 Å². The summed E-state index contributed by atoms with van der Waals surface area (Å²) in [4.78, 5) is 13.2. The summed E-state index contributed by atoms with van der Waals surface area (Å²) in [5, 5.41) is 14.7. The molecule has 128 valence electrons. The maximum Gasteiger partial charge on any atom is 0.243 e. The van der Waals surface area contributed by atoms with Gasteiger partial charge in [0.25, 0.3) is 0 Å². The van der Waals surface area contributed by atoms with Crippen molar-refractivity contribution in [2.75, 3.05) is 6.54 Å². The fourth-order valence-corrected chi connectivity index (χ4v) is 2.51. The number of halogens is 2. The largest absolute Gasteiger partial charge is 0.354 e. The van der Waals surface area contributed by atoms with Gasteiger partial charge in [-0.05, 0) is 47.5 Å². The molecular weight excluding hydrogens is 389 g/mol. The maximum atomic E-state index is 13.5. The number of benzene rings is 2. The monoisotopic (exact) mass is 403 g/mol. The first-order valence-corrected chi connectivity index (χ1v) is 8.45. The molecule has 0 aliphatic rings. The molecule has 6 nitrogen and oxygen atoms in total. The van der Waals surface area contributed by atoms with Crippen molar-refractivity contribution in [1.82, 2.24) is 25.5 Å². The highest BCUT2D eigenvalue weighted by molar-refractivity contribution is 9.10. The number of amides is 1. The summed E-state index contributed by atoms with van der Waals surface area (Å²) in [6.07, 6.45) is 0.424. The van der Waals surface area contributed by atoms with Crippen LogP contribution in [0.3, 0.4) is 0 Å². The van der Waals surface area contributed by atoms with Crippen molar-refractivity contribution in [2.45, 2.75) is 13.0 Å². The Hall–Kier alpha value is -2.61. The zero-order chi connectivity index (χ0) is 17.6. The molecule has 0 aliphatic carbocycles. The Bertz CT molecular complexity index is 865. The zero-order valence-electron chi connectivity index (χ0n) is 13.2. The Balaban J connectivity index is 1.51. The van der Waals surface area contributed by atoms with Gasteiger partial charge in [-0.25, -0.2) is 4.39 Å². The molecular formula is C17H15BrFN5O. The molecule has 0 radical (unpaired) electrons. The lowest BCUT2D eigenvalue weighted by atomic mass is 10.1. The van der Waals surface area contributed by atoms with Crippen LogP contribution in [0.25, 0.3) is 11.4 Å². The van der Waals surface area contributed by atoms with E-state index in [-0.39, 0.29) is 18.3 Å². The zero-order valence-corrected chi connectivity index (χ0v) is 14.8. The minimum atomic E-state index is -0.270. The van der Waals surface area contributed by atoms with Crippen LogP contribution < -0.4 is 5.32 Å². The van der Waals surface area contributed by atoms with E-state index in [1.807, 2.05) is 24.3 Å². The minimum Gasteiger partial charge on any atom is -0.354 e. The number of tetrazole rings is 1. The summed E-state index contributed by atoms with van der Waals surface area (Å²) in [6.45, 7) is 0.300. The molecule has 8 heteroatoms. The summed E-state index contributed by atoms with van der Waals surface area (Å²) in [6, 6.07) is 14.0. The van der Waals surface area contributed by atoms with E-state index in [1.165, 1.54) is 10.9 Å². The van der Waals surface area contributed by atoms with E-state index < -0.39 is 0 Å². The van der Waals surface area contributed by atoms with Crippen LogP contribution in [0, 0.1) is 5.82 Å². The van der Waals surface area contributed by atoms with E-state index in [0.29, 0.717) is 24.4 Å². The second-order valence-electron chi connectivity index (χ2n) is 5.34. The summed E-state index contributed by atoms with van der Waals surface area (Å²) in [5.41, 5.74) is 1.38. The fraction of sp³-hybridized carbons (Fsp3) is 0.176. The average Bonchev–Trinajstić information content (AvgIpc) is 3.05. The molecule has 0 saturated carbocycles. The first-order chi connectivity index (χ1) is 12.1. The molecule has 3 aromatic rings. The number of carbonyl (C=O) groups excluding carboxylic acids is 1. The molecule has 25 heavy (non-hydrogen) atoms. The number of hydrogen-bond acceptors (Lipinski definition) is 4. The second kappa shape index (κ2) is 7.98. The third kappa shape index (κ3) is 4.69. The highest BCUT2D eigenvalue weighted by Gasteiger charge is 2.09. The van der Waals surface area contributed by atoms with Gasteiger partial charge in [-0.1, -0.05) is 34.1 Å². The maximum absolute atomic E-state index is 13.5. The van der Waals surface area contributed by atoms with Crippen molar-refractivity contribution in [3.8, 4) is 11.4 Å². The van der Waals surface area contributed by atoms with Crippen molar-refractivity contribution in [1.29, 1.82) is 0 Å². The van der Waals surface area contributed by atoms with Gasteiger partial charge in [0.15, 0.2) is 0 Å². The smallest absolute Gasteiger partial charge is 0.243 e. The highest BCUT2D eigenvalue weighted by atomic mass is 79.9. The Labute approximate surface area is 152 Å². The van der Waals surface area contributed by atoms with Crippen molar-refractivity contribution >= 4 is 21.8 Å². The normalized spacial score (nSPS) is 10.6. The van der Waals surface area contributed by atoms with E-state index in [4.69, 9.17) is 0 Å². The lowest BCUT2D eigenvalue weighted by Crippen LogP contribution is -2.30. The molecule has 3 rings (SSSR count). The van der Waals surface area contributed by atoms with E-state index in [9.17, 15) is 9.18 Å². The van der Waals surface area contributed by atoms with Gasteiger partial charge in [-0.15, -0.1) is 10.2 Å². The van der Waals surface area contributed by atoms with Crippen LogP contribution in [0.2, 0.25) is 0 Å². The van der Waals surface area contributed by atoms with Gasteiger partial charge in [0.1, 0.15) is 12.4 Å². The molecule has 0 fully saturated rings. The summed E-state index contributed by atoms with van der Waals surface area (Å²) < 4.78 is 14.5. The predicted molar refractivity (Wildman–Crippen MR) is 94.1 cm³/mol. The molecule has 0 saturated heterocycles. The molecule has 1 aromatic heterocycles. The average molecular weight is 404 g/mol. The van der Waals surface area contributed by atoms with Crippen LogP contribution in [0.1, 0.15) is 5.56 Å². The van der Waals surface area contributed by atoms with Gasteiger partial charge in [0, 0.05) is 16.6 Å². The first-order valence-electron chi connectivity index (χ1n) is 7.65. The Morgan fingerprint density at radius 2 is 1.92 bits per heavy atom. The number of nitrogens with one attached hydrogen (secondary N) is 1. The third-order valence-electron chi connectivity index (χ3n) is 3.51. The summed E-state index contributed by atoms with van der Waals surface area (Å²) in [7, 11) is 0. The van der Waals surface area contributed by atoms with E-state index in [0.717, 1.165) is 10.0 Å². The minimum absolute atomic E-state index is 0.0409. The van der Waals surface area contributed by atoms with E-state index in [1.54, 1.807) is 18.2 Å². The van der Waals surface area contributed by atoms with Gasteiger partial charge in [0.2, 0.25) is 11.7 Å². The molecule has 1 amide bonds. The van der Waals surface area contributed by atoms with Gasteiger partial charge < -0.3 is 5.32 Å². The molecule has 0 spiro atoms. The van der Waals surface area contributed by atoms with Gasteiger partial charge >= 0.3 is 0 Å². The number of carbonyl (C=O) groups is 1. The molecule has 1 N–H and O–H groups in total. The number of hydrogen-bond donors (Lipinski definition) is 1. The lowest BCUT2D eigenvalue weighted by Gasteiger charge is -2.05. The molecule has 0 bridgehead atoms. The highest BCUT2D eigenvalue weighted by Crippen LogP contribution is 2.17. The van der Waals surface area contributed by atoms with Crippen molar-refractivity contribution < 1.29 is 9.18 Å². The van der Waals surface area contributed by atoms with E-state index >= 15 is 0 Å². The number of rotatable bonds is 6. The molecule has 2 aromatic carbocycles. The van der Waals surface area contributed by atoms with Crippen LogP contribution in [0.15, 0.2) is 53.0 Å². The van der Waals surface area contributed by atoms with Crippen molar-refractivity contribution in [3.05, 3.63) is 64.4 Å². The molecule has 1 heterocycles. The SMILES string of the molecule is O=C(Cn1nnc(-c2ccc(Br)cc2)n1)NCCc1ccccc1F. The standard InChI is InChI=1S/C17H15BrFN5O/c18-14-7-5-13(6-8-14)17-21-23-24(22-17)11-16(25)20-10-9-12-3-1-2-4-15(12)19/h1-8H,9-11H2,(H,20,25). The van der Waals surface area contributed by atoms with Crippen LogP contribution >= 0.6 is 15.9 Å². The van der Waals surface area contributed by atoms with E-state index in [2.05, 4.69) is 36.7 Å². The lowest BCUT2D eigenvalue weighted by molar-refractivity contribution is -0.122. The van der Waals surface area contributed by atoms with Crippen LogP contribution in [0.4, 0.5) is 4.39 Å². The van der Waals surface area contributed by atoms with Gasteiger partial charge in [-0.3, -0.25) is 4.79 Å².